The third kappa shape index (κ3) is 3.35. The van der Waals surface area contributed by atoms with Gasteiger partial charge < -0.3 is 0 Å². The highest BCUT2D eigenvalue weighted by Crippen LogP contribution is 2.46. The van der Waals surface area contributed by atoms with Crippen LogP contribution >= 0.6 is 0 Å². The van der Waals surface area contributed by atoms with Gasteiger partial charge in [-0.1, -0.05) is 56.2 Å². The maximum Gasteiger partial charge on any atom is 0.243 e. The van der Waals surface area contributed by atoms with Crippen LogP contribution in [0.15, 0.2) is 54.0 Å². The summed E-state index contributed by atoms with van der Waals surface area (Å²) in [5, 5.41) is 0. The molecule has 1 aliphatic heterocycles. The Morgan fingerprint density at radius 3 is 2.54 bits per heavy atom. The molecule has 0 bridgehead atoms. The summed E-state index contributed by atoms with van der Waals surface area (Å²) in [4.78, 5) is 0.350. The summed E-state index contributed by atoms with van der Waals surface area (Å²) >= 11 is 0. The van der Waals surface area contributed by atoms with Crippen molar-refractivity contribution >= 4 is 10.0 Å². The molecule has 0 aliphatic carbocycles. The Kier molecular flexibility index (Phi) is 5.71. The molecule has 0 unspecified atom stereocenters. The molecule has 1 aliphatic rings. The van der Waals surface area contributed by atoms with Crippen LogP contribution in [0.2, 0.25) is 0 Å². The van der Waals surface area contributed by atoms with Crippen molar-refractivity contribution in [2.45, 2.75) is 57.4 Å². The van der Waals surface area contributed by atoms with E-state index >= 15 is 0 Å². The SMILES string of the molecule is C=C[C@H]1N(S(=O)(=O)c2ccc(C)cc2)CC[C@@]1(C)C(=C)CCCC. The average Bonchev–Trinajstić information content (AvgIpc) is 2.91. The minimum atomic E-state index is -3.52. The number of benzene rings is 1. The maximum atomic E-state index is 13.1. The molecule has 1 saturated heterocycles. The van der Waals surface area contributed by atoms with Gasteiger partial charge in [-0.3, -0.25) is 0 Å². The summed E-state index contributed by atoms with van der Waals surface area (Å²) < 4.78 is 27.8. The normalized spacial score (nSPS) is 24.9. The van der Waals surface area contributed by atoms with Crippen molar-refractivity contribution in [3.05, 3.63) is 54.6 Å². The van der Waals surface area contributed by atoms with Gasteiger partial charge in [0.2, 0.25) is 10.0 Å². The highest BCUT2D eigenvalue weighted by atomic mass is 32.2. The molecule has 1 heterocycles. The highest BCUT2D eigenvalue weighted by molar-refractivity contribution is 7.89. The Bertz CT molecular complexity index is 706. The van der Waals surface area contributed by atoms with Gasteiger partial charge in [-0.25, -0.2) is 8.42 Å². The molecule has 132 valence electrons. The zero-order valence-corrected chi connectivity index (χ0v) is 15.9. The minimum Gasteiger partial charge on any atom is -0.207 e. The second-order valence-electron chi connectivity index (χ2n) is 6.98. The Morgan fingerprint density at radius 1 is 1.38 bits per heavy atom. The van der Waals surface area contributed by atoms with Crippen molar-refractivity contribution in [1.29, 1.82) is 0 Å². The summed E-state index contributed by atoms with van der Waals surface area (Å²) in [7, 11) is -3.52. The monoisotopic (exact) mass is 347 g/mol. The molecule has 0 aromatic heterocycles. The van der Waals surface area contributed by atoms with E-state index in [9.17, 15) is 8.42 Å². The second kappa shape index (κ2) is 7.24. The Labute approximate surface area is 147 Å². The fourth-order valence-corrected chi connectivity index (χ4v) is 5.20. The van der Waals surface area contributed by atoms with Gasteiger partial charge in [0.15, 0.2) is 0 Å². The topological polar surface area (TPSA) is 37.4 Å². The van der Waals surface area contributed by atoms with E-state index in [2.05, 4.69) is 27.0 Å². The number of rotatable bonds is 7. The van der Waals surface area contributed by atoms with Gasteiger partial charge in [-0.05, 0) is 38.3 Å². The van der Waals surface area contributed by atoms with E-state index in [4.69, 9.17) is 0 Å². The molecular weight excluding hydrogens is 318 g/mol. The number of sulfonamides is 1. The molecule has 0 amide bonds. The van der Waals surface area contributed by atoms with Crippen molar-refractivity contribution in [2.75, 3.05) is 6.54 Å². The Morgan fingerprint density at radius 2 is 2.00 bits per heavy atom. The first-order valence-electron chi connectivity index (χ1n) is 8.66. The second-order valence-corrected chi connectivity index (χ2v) is 8.87. The number of aryl methyl sites for hydroxylation is 1. The van der Waals surface area contributed by atoms with Crippen molar-refractivity contribution < 1.29 is 8.42 Å². The molecule has 4 heteroatoms. The van der Waals surface area contributed by atoms with Crippen molar-refractivity contribution in [1.82, 2.24) is 4.31 Å². The van der Waals surface area contributed by atoms with Crippen LogP contribution in [-0.2, 0) is 10.0 Å². The lowest BCUT2D eigenvalue weighted by Crippen LogP contribution is -2.40. The lowest BCUT2D eigenvalue weighted by Gasteiger charge is -2.34. The smallest absolute Gasteiger partial charge is 0.207 e. The first kappa shape index (κ1) is 18.9. The fourth-order valence-electron chi connectivity index (χ4n) is 3.50. The molecule has 0 saturated carbocycles. The summed E-state index contributed by atoms with van der Waals surface area (Å²) in [6, 6.07) is 6.81. The predicted octanol–water partition coefficient (Wildman–Crippen LogP) is 4.70. The molecule has 0 spiro atoms. The van der Waals surface area contributed by atoms with Crippen LogP contribution in [0.3, 0.4) is 0 Å². The zero-order valence-electron chi connectivity index (χ0n) is 15.1. The van der Waals surface area contributed by atoms with Crippen LogP contribution < -0.4 is 0 Å². The molecule has 1 aromatic carbocycles. The maximum absolute atomic E-state index is 13.1. The third-order valence-electron chi connectivity index (χ3n) is 5.31. The van der Waals surface area contributed by atoms with E-state index in [1.807, 2.05) is 19.1 Å². The van der Waals surface area contributed by atoms with E-state index in [1.54, 1.807) is 22.5 Å². The lowest BCUT2D eigenvalue weighted by molar-refractivity contribution is 0.318. The van der Waals surface area contributed by atoms with E-state index in [0.29, 0.717) is 11.4 Å². The van der Waals surface area contributed by atoms with Crippen LogP contribution in [0.25, 0.3) is 0 Å². The van der Waals surface area contributed by atoms with E-state index < -0.39 is 10.0 Å². The zero-order chi connectivity index (χ0) is 18.0. The van der Waals surface area contributed by atoms with E-state index in [-0.39, 0.29) is 11.5 Å². The number of nitrogens with zero attached hydrogens (tertiary/aromatic N) is 1. The quantitative estimate of drug-likeness (QED) is 0.671. The molecule has 0 N–H and O–H groups in total. The van der Waals surface area contributed by atoms with Gasteiger partial charge in [-0.15, -0.1) is 6.58 Å². The summed E-state index contributed by atoms with van der Waals surface area (Å²) in [5.74, 6) is 0. The molecule has 2 atom stereocenters. The molecular formula is C20H29NO2S. The van der Waals surface area contributed by atoms with Gasteiger partial charge in [0, 0.05) is 12.0 Å². The molecule has 24 heavy (non-hydrogen) atoms. The van der Waals surface area contributed by atoms with Crippen molar-refractivity contribution in [3.63, 3.8) is 0 Å². The average molecular weight is 348 g/mol. The third-order valence-corrected chi connectivity index (χ3v) is 7.20. The molecule has 2 rings (SSSR count). The Hall–Kier alpha value is -1.39. The Balaban J connectivity index is 2.33. The predicted molar refractivity (Wildman–Crippen MR) is 100 cm³/mol. The lowest BCUT2D eigenvalue weighted by atomic mass is 9.74. The summed E-state index contributed by atoms with van der Waals surface area (Å²) in [6.07, 6.45) is 5.70. The van der Waals surface area contributed by atoms with Crippen LogP contribution in [0.5, 0.6) is 0 Å². The van der Waals surface area contributed by atoms with Crippen LogP contribution in [0, 0.1) is 12.3 Å². The first-order valence-corrected chi connectivity index (χ1v) is 10.1. The number of unbranched alkanes of at least 4 members (excludes halogenated alkanes) is 1. The van der Waals surface area contributed by atoms with Gasteiger partial charge in [0.05, 0.1) is 10.9 Å². The number of hydrogen-bond donors (Lipinski definition) is 0. The van der Waals surface area contributed by atoms with Gasteiger partial charge >= 0.3 is 0 Å². The van der Waals surface area contributed by atoms with Crippen molar-refractivity contribution in [3.8, 4) is 0 Å². The summed E-state index contributed by atoms with van der Waals surface area (Å²) in [5.41, 5.74) is 1.94. The molecule has 0 radical (unpaired) electrons. The van der Waals surface area contributed by atoms with E-state index in [0.717, 1.165) is 36.8 Å². The van der Waals surface area contributed by atoms with Gasteiger partial charge in [-0.2, -0.15) is 4.31 Å². The van der Waals surface area contributed by atoms with Crippen LogP contribution in [-0.4, -0.2) is 25.3 Å². The van der Waals surface area contributed by atoms with Gasteiger partial charge in [0.25, 0.3) is 0 Å². The highest BCUT2D eigenvalue weighted by Gasteiger charge is 2.48. The standard InChI is InChI=1S/C20H29NO2S/c1-6-8-9-17(4)20(5)14-15-21(19(20)7-2)24(22,23)18-12-10-16(3)11-13-18/h7,10-13,19H,2,4,6,8-9,14-15H2,1,3,5H3/t19-,20+/m1/s1. The van der Waals surface area contributed by atoms with Crippen LogP contribution in [0.1, 0.15) is 45.1 Å². The molecule has 3 nitrogen and oxygen atoms in total. The molecule has 1 aromatic rings. The summed E-state index contributed by atoms with van der Waals surface area (Å²) in [6.45, 7) is 14.9. The fraction of sp³-hybridized carbons (Fsp3) is 0.500. The van der Waals surface area contributed by atoms with Crippen LogP contribution in [0.4, 0.5) is 0 Å². The van der Waals surface area contributed by atoms with E-state index in [1.165, 1.54) is 0 Å². The minimum absolute atomic E-state index is 0.241. The van der Waals surface area contributed by atoms with Gasteiger partial charge in [0.1, 0.15) is 0 Å². The van der Waals surface area contributed by atoms with Crippen molar-refractivity contribution in [2.24, 2.45) is 5.41 Å². The molecule has 1 fully saturated rings. The first-order chi connectivity index (χ1) is 11.3. The number of hydrogen-bond acceptors (Lipinski definition) is 2. The largest absolute Gasteiger partial charge is 0.243 e.